The van der Waals surface area contributed by atoms with Crippen molar-refractivity contribution in [1.29, 1.82) is 0 Å². The zero-order valence-electron chi connectivity index (χ0n) is 16.1. The first-order chi connectivity index (χ1) is 13.9. The molecule has 0 radical (unpaired) electrons. The number of benzene rings is 3. The Morgan fingerprint density at radius 2 is 1.45 bits per heavy atom. The number of carbonyl (C=O) groups is 1. The summed E-state index contributed by atoms with van der Waals surface area (Å²) in [6.07, 6.45) is 0. The fourth-order valence-electron chi connectivity index (χ4n) is 2.64. The molecule has 0 aromatic heterocycles. The summed E-state index contributed by atoms with van der Waals surface area (Å²) in [5, 5.41) is 0. The van der Waals surface area contributed by atoms with Crippen molar-refractivity contribution in [2.75, 3.05) is 18.0 Å². The van der Waals surface area contributed by atoms with Gasteiger partial charge >= 0.3 is 5.97 Å². The second-order valence-corrected chi connectivity index (χ2v) is 8.17. The van der Waals surface area contributed by atoms with E-state index in [9.17, 15) is 13.2 Å². The first kappa shape index (κ1) is 20.4. The number of hydrogen-bond donors (Lipinski definition) is 0. The average Bonchev–Trinajstić information content (AvgIpc) is 2.73. The number of methoxy groups -OCH3 is 1. The van der Waals surface area contributed by atoms with Gasteiger partial charge in [-0.3, -0.25) is 9.10 Å². The monoisotopic (exact) mass is 411 g/mol. The first-order valence-electron chi connectivity index (χ1n) is 8.89. The van der Waals surface area contributed by atoms with Crippen molar-refractivity contribution >= 4 is 21.7 Å². The van der Waals surface area contributed by atoms with Gasteiger partial charge in [-0.25, -0.2) is 8.42 Å². The first-order valence-corrected chi connectivity index (χ1v) is 10.3. The molecule has 0 aliphatic rings. The van der Waals surface area contributed by atoms with Gasteiger partial charge in [0.25, 0.3) is 10.0 Å². The number of carbonyl (C=O) groups excluding carboxylic acids is 1. The molecule has 0 spiro atoms. The second kappa shape index (κ2) is 8.79. The summed E-state index contributed by atoms with van der Waals surface area (Å²) < 4.78 is 37.8. The lowest BCUT2D eigenvalue weighted by Crippen LogP contribution is -2.36. The molecule has 0 fully saturated rings. The number of sulfonamides is 1. The summed E-state index contributed by atoms with van der Waals surface area (Å²) in [6.45, 7) is 1.43. The molecule has 6 nitrogen and oxygen atoms in total. The van der Waals surface area contributed by atoms with Crippen LogP contribution in [0.15, 0.2) is 83.8 Å². The van der Waals surface area contributed by atoms with E-state index in [0.29, 0.717) is 17.2 Å². The zero-order chi connectivity index (χ0) is 20.9. The van der Waals surface area contributed by atoms with Crippen molar-refractivity contribution in [2.45, 2.75) is 11.8 Å². The molecule has 0 atom stereocenters. The molecule has 0 bridgehead atoms. The highest BCUT2D eigenvalue weighted by molar-refractivity contribution is 7.92. The van der Waals surface area contributed by atoms with Crippen LogP contribution in [0.3, 0.4) is 0 Å². The van der Waals surface area contributed by atoms with Gasteiger partial charge in [-0.1, -0.05) is 35.9 Å². The van der Waals surface area contributed by atoms with E-state index >= 15 is 0 Å². The van der Waals surface area contributed by atoms with E-state index in [0.717, 1.165) is 9.87 Å². The van der Waals surface area contributed by atoms with Gasteiger partial charge in [-0.15, -0.1) is 0 Å². The average molecular weight is 411 g/mol. The highest BCUT2D eigenvalue weighted by atomic mass is 32.2. The highest BCUT2D eigenvalue weighted by Crippen LogP contribution is 2.28. The summed E-state index contributed by atoms with van der Waals surface area (Å²) >= 11 is 0. The Morgan fingerprint density at radius 1 is 0.862 bits per heavy atom. The molecule has 0 amide bonds. The Morgan fingerprint density at radius 3 is 2.03 bits per heavy atom. The van der Waals surface area contributed by atoms with Crippen LogP contribution < -0.4 is 9.04 Å². The van der Waals surface area contributed by atoms with Crippen LogP contribution in [0.1, 0.15) is 5.56 Å². The number of ether oxygens (including phenoxy) is 2. The fraction of sp³-hybridized carbons (Fsp3) is 0.136. The number of nitrogens with zero attached hydrogens (tertiary/aromatic N) is 1. The Balaban J connectivity index is 1.92. The fourth-order valence-corrected chi connectivity index (χ4v) is 4.05. The molecular formula is C22H21NO5S. The maximum atomic E-state index is 13.2. The van der Waals surface area contributed by atoms with Gasteiger partial charge in [0.2, 0.25) is 0 Å². The van der Waals surface area contributed by atoms with E-state index < -0.39 is 22.5 Å². The maximum Gasteiger partial charge on any atom is 0.326 e. The van der Waals surface area contributed by atoms with E-state index in [1.165, 1.54) is 19.2 Å². The topological polar surface area (TPSA) is 72.9 Å². The summed E-state index contributed by atoms with van der Waals surface area (Å²) in [6, 6.07) is 22.2. The molecular weight excluding hydrogens is 390 g/mol. The molecule has 0 saturated heterocycles. The third kappa shape index (κ3) is 4.94. The quantitative estimate of drug-likeness (QED) is 0.546. The van der Waals surface area contributed by atoms with Gasteiger partial charge in [0, 0.05) is 0 Å². The smallest absolute Gasteiger partial charge is 0.326 e. The van der Waals surface area contributed by atoms with Crippen LogP contribution in [0.2, 0.25) is 0 Å². The molecule has 0 aliphatic carbocycles. The van der Waals surface area contributed by atoms with Crippen LogP contribution in [0.4, 0.5) is 5.69 Å². The Hall–Kier alpha value is -3.32. The van der Waals surface area contributed by atoms with Crippen molar-refractivity contribution in [3.05, 3.63) is 84.4 Å². The third-order valence-electron chi connectivity index (χ3n) is 4.21. The van der Waals surface area contributed by atoms with E-state index in [4.69, 9.17) is 4.74 Å². The van der Waals surface area contributed by atoms with E-state index in [-0.39, 0.29) is 4.90 Å². The number of para-hydroxylation sites is 1. The number of hydrogen-bond acceptors (Lipinski definition) is 5. The van der Waals surface area contributed by atoms with Gasteiger partial charge in [0.15, 0.2) is 0 Å². The lowest BCUT2D eigenvalue weighted by Gasteiger charge is -2.23. The van der Waals surface area contributed by atoms with Crippen LogP contribution in [0.5, 0.6) is 11.5 Å². The predicted octanol–water partition coefficient (Wildman–Crippen LogP) is 4.16. The minimum absolute atomic E-state index is 0.0941. The summed E-state index contributed by atoms with van der Waals surface area (Å²) in [7, 11) is -2.74. The van der Waals surface area contributed by atoms with Gasteiger partial charge in [-0.2, -0.15) is 0 Å². The molecule has 0 saturated carbocycles. The summed E-state index contributed by atoms with van der Waals surface area (Å²) in [5.41, 5.74) is 1.27. The van der Waals surface area contributed by atoms with Gasteiger partial charge in [0.05, 0.1) is 17.7 Å². The zero-order valence-corrected chi connectivity index (χ0v) is 16.9. The second-order valence-electron chi connectivity index (χ2n) is 6.31. The minimum atomic E-state index is -3.96. The van der Waals surface area contributed by atoms with Crippen molar-refractivity contribution in [3.63, 3.8) is 0 Å². The SMILES string of the molecule is COC(=O)CN(c1ccc(Oc2ccccc2)cc1)S(=O)(=O)c1ccc(C)cc1. The van der Waals surface area contributed by atoms with Crippen molar-refractivity contribution in [1.82, 2.24) is 0 Å². The van der Waals surface area contributed by atoms with E-state index in [1.807, 2.05) is 37.3 Å². The van der Waals surface area contributed by atoms with Crippen LogP contribution in [-0.4, -0.2) is 28.0 Å². The van der Waals surface area contributed by atoms with E-state index in [2.05, 4.69) is 4.74 Å². The highest BCUT2D eigenvalue weighted by Gasteiger charge is 2.27. The van der Waals surface area contributed by atoms with Crippen molar-refractivity contribution < 1.29 is 22.7 Å². The molecule has 3 aromatic rings. The predicted molar refractivity (Wildman–Crippen MR) is 111 cm³/mol. The van der Waals surface area contributed by atoms with Crippen LogP contribution in [0.25, 0.3) is 0 Å². The van der Waals surface area contributed by atoms with E-state index in [1.54, 1.807) is 36.4 Å². The minimum Gasteiger partial charge on any atom is -0.468 e. The van der Waals surface area contributed by atoms with Gasteiger partial charge in [-0.05, 0) is 55.5 Å². The van der Waals surface area contributed by atoms with Crippen molar-refractivity contribution in [2.24, 2.45) is 0 Å². The molecule has 3 rings (SSSR count). The molecule has 3 aromatic carbocycles. The number of esters is 1. The van der Waals surface area contributed by atoms with Gasteiger partial charge < -0.3 is 9.47 Å². The third-order valence-corrected chi connectivity index (χ3v) is 6.00. The number of rotatable bonds is 7. The molecule has 0 heterocycles. The Bertz CT molecular complexity index is 1060. The number of anilines is 1. The summed E-state index contributed by atoms with van der Waals surface area (Å²) in [4.78, 5) is 12.0. The van der Waals surface area contributed by atoms with Gasteiger partial charge in [0.1, 0.15) is 18.0 Å². The molecule has 150 valence electrons. The lowest BCUT2D eigenvalue weighted by molar-refractivity contribution is -0.138. The summed E-state index contributed by atoms with van der Waals surface area (Å²) in [5.74, 6) is 0.551. The Kier molecular flexibility index (Phi) is 6.19. The van der Waals surface area contributed by atoms with Crippen LogP contribution >= 0.6 is 0 Å². The van der Waals surface area contributed by atoms with Crippen molar-refractivity contribution in [3.8, 4) is 11.5 Å². The molecule has 0 aliphatic heterocycles. The Labute approximate surface area is 170 Å². The number of aryl methyl sites for hydroxylation is 1. The molecule has 29 heavy (non-hydrogen) atoms. The largest absolute Gasteiger partial charge is 0.468 e. The lowest BCUT2D eigenvalue weighted by atomic mass is 10.2. The van der Waals surface area contributed by atoms with Crippen LogP contribution in [-0.2, 0) is 19.6 Å². The molecule has 0 unspecified atom stereocenters. The van der Waals surface area contributed by atoms with Crippen LogP contribution in [0, 0.1) is 6.92 Å². The normalized spacial score (nSPS) is 11.0. The standard InChI is InChI=1S/C22H21NO5S/c1-17-8-14-21(15-9-17)29(25,26)23(16-22(24)27-2)18-10-12-20(13-11-18)28-19-6-4-3-5-7-19/h3-15H,16H2,1-2H3. The maximum absolute atomic E-state index is 13.2. The molecule has 7 heteroatoms. The molecule has 0 N–H and O–H groups in total.